The lowest BCUT2D eigenvalue weighted by molar-refractivity contribution is 0.190. The molecule has 3 aromatic carbocycles. The topological polar surface area (TPSA) is 100 Å². The monoisotopic (exact) mass is 584 g/mol. The lowest BCUT2D eigenvalue weighted by Crippen LogP contribution is -2.45. The maximum Gasteiger partial charge on any atom is 0.319 e. The summed E-state index contributed by atoms with van der Waals surface area (Å²) in [5.41, 5.74) is 7.17. The van der Waals surface area contributed by atoms with Crippen molar-refractivity contribution in [1.29, 1.82) is 0 Å². The van der Waals surface area contributed by atoms with E-state index in [1.165, 1.54) is 11.1 Å². The fraction of sp³-hybridized carbons (Fsp3) is 0.257. The summed E-state index contributed by atoms with van der Waals surface area (Å²) in [7, 11) is 0. The Morgan fingerprint density at radius 3 is 2.52 bits per heavy atom. The highest BCUT2D eigenvalue weighted by Gasteiger charge is 2.25. The van der Waals surface area contributed by atoms with Crippen LogP contribution in [0.2, 0.25) is 0 Å². The highest BCUT2D eigenvalue weighted by atomic mass is 16.2. The van der Waals surface area contributed by atoms with Gasteiger partial charge in [0.25, 0.3) is 0 Å². The Bertz CT molecular complexity index is 1770. The van der Waals surface area contributed by atoms with Crippen LogP contribution in [0, 0.1) is 0 Å². The normalized spacial score (nSPS) is 14.5. The number of urea groups is 1. The van der Waals surface area contributed by atoms with E-state index in [-0.39, 0.29) is 12.1 Å². The van der Waals surface area contributed by atoms with Gasteiger partial charge in [-0.1, -0.05) is 67.9 Å². The van der Waals surface area contributed by atoms with E-state index in [0.29, 0.717) is 0 Å². The largest absolute Gasteiger partial charge is 0.338 e. The molecule has 0 spiro atoms. The van der Waals surface area contributed by atoms with Crippen molar-refractivity contribution in [2.24, 2.45) is 0 Å². The molecule has 5 aromatic rings. The van der Waals surface area contributed by atoms with Gasteiger partial charge < -0.3 is 16.0 Å². The number of rotatable bonds is 7. The number of hydrogen-bond acceptors (Lipinski definition) is 6. The standard InChI is InChI=1S/C35H36N8O/c1-2-8-25-9-3-5-11-29(25)39-35(44)37-27-18-21-42(22-19-27)23-24-14-16-26(17-15-24)33-40-41-34-28-10-4-6-12-30(28)38-32-31(43(33)34)13-7-20-36-32/h3-7,9-17,20,27H,2,8,18-19,21-23H2,1H3,(H,36,38)(H2,37,39,44). The van der Waals surface area contributed by atoms with Gasteiger partial charge in [0, 0.05) is 48.7 Å². The van der Waals surface area contributed by atoms with Crippen LogP contribution in [0.3, 0.4) is 0 Å². The minimum Gasteiger partial charge on any atom is -0.338 e. The fourth-order valence-corrected chi connectivity index (χ4v) is 6.19. The lowest BCUT2D eigenvalue weighted by Gasteiger charge is -2.32. The van der Waals surface area contributed by atoms with Gasteiger partial charge in [-0.25, -0.2) is 9.78 Å². The molecular weight excluding hydrogens is 548 g/mol. The number of amides is 2. The molecule has 1 fully saturated rings. The summed E-state index contributed by atoms with van der Waals surface area (Å²) in [6.45, 7) is 4.89. The third kappa shape index (κ3) is 5.66. The average molecular weight is 585 g/mol. The SMILES string of the molecule is CCCc1ccccc1NC(=O)NC1CCN(Cc2ccc(-c3nnc4n3-c3cccnc3Nc3ccccc3-4)cc2)CC1. The number of para-hydroxylation sites is 2. The van der Waals surface area contributed by atoms with Crippen molar-refractivity contribution < 1.29 is 4.79 Å². The average Bonchev–Trinajstić information content (AvgIpc) is 3.43. The van der Waals surface area contributed by atoms with Crippen molar-refractivity contribution in [1.82, 2.24) is 30.0 Å². The molecule has 1 saturated heterocycles. The zero-order chi connectivity index (χ0) is 29.9. The van der Waals surface area contributed by atoms with Crippen LogP contribution >= 0.6 is 0 Å². The molecule has 9 heteroatoms. The van der Waals surface area contributed by atoms with Gasteiger partial charge in [0.15, 0.2) is 17.5 Å². The molecule has 0 radical (unpaired) electrons. The summed E-state index contributed by atoms with van der Waals surface area (Å²) in [5.74, 6) is 2.34. The minimum atomic E-state index is -0.119. The number of aromatic nitrogens is 4. The molecule has 2 aromatic heterocycles. The molecule has 0 atom stereocenters. The van der Waals surface area contributed by atoms with Crippen molar-refractivity contribution in [2.75, 3.05) is 23.7 Å². The predicted molar refractivity (Wildman–Crippen MR) is 174 cm³/mol. The third-order valence-corrected chi connectivity index (χ3v) is 8.44. The first kappa shape index (κ1) is 27.8. The molecule has 2 aliphatic heterocycles. The number of hydrogen-bond donors (Lipinski definition) is 3. The van der Waals surface area contributed by atoms with Gasteiger partial charge in [-0.2, -0.15) is 0 Å². The zero-order valence-corrected chi connectivity index (χ0v) is 24.8. The number of piperidine rings is 1. The molecule has 9 nitrogen and oxygen atoms in total. The summed E-state index contributed by atoms with van der Waals surface area (Å²) in [5, 5.41) is 19.0. The van der Waals surface area contributed by atoms with Crippen LogP contribution in [0.25, 0.3) is 28.5 Å². The molecule has 3 N–H and O–H groups in total. The van der Waals surface area contributed by atoms with Crippen molar-refractivity contribution in [3.63, 3.8) is 0 Å². The van der Waals surface area contributed by atoms with E-state index in [9.17, 15) is 4.79 Å². The van der Waals surface area contributed by atoms with Gasteiger partial charge in [0.05, 0.1) is 11.4 Å². The number of nitrogens with zero attached hydrogens (tertiary/aromatic N) is 5. The predicted octanol–water partition coefficient (Wildman–Crippen LogP) is 6.79. The van der Waals surface area contributed by atoms with Crippen LogP contribution in [0.5, 0.6) is 0 Å². The molecule has 222 valence electrons. The highest BCUT2D eigenvalue weighted by molar-refractivity contribution is 5.90. The summed E-state index contributed by atoms with van der Waals surface area (Å²) in [4.78, 5) is 19.8. The first-order valence-corrected chi connectivity index (χ1v) is 15.4. The zero-order valence-electron chi connectivity index (χ0n) is 24.8. The third-order valence-electron chi connectivity index (χ3n) is 8.44. The molecule has 2 aliphatic rings. The maximum atomic E-state index is 12.7. The number of aryl methyl sites for hydroxylation is 1. The summed E-state index contributed by atoms with van der Waals surface area (Å²) in [6.07, 6.45) is 5.64. The molecular formula is C35H36N8O. The van der Waals surface area contributed by atoms with Crippen molar-refractivity contribution in [3.8, 4) is 28.5 Å². The minimum absolute atomic E-state index is 0.119. The Labute approximate surface area is 257 Å². The number of anilines is 3. The van der Waals surface area contributed by atoms with Crippen LogP contribution < -0.4 is 16.0 Å². The van der Waals surface area contributed by atoms with E-state index < -0.39 is 0 Å². The Hall–Kier alpha value is -5.02. The number of pyridine rings is 1. The molecule has 7 rings (SSSR count). The molecule has 0 bridgehead atoms. The number of likely N-dealkylation sites (tertiary alicyclic amines) is 1. The second kappa shape index (κ2) is 12.3. The molecule has 4 heterocycles. The van der Waals surface area contributed by atoms with Gasteiger partial charge in [-0.3, -0.25) is 9.47 Å². The van der Waals surface area contributed by atoms with Crippen LogP contribution in [0.4, 0.5) is 22.0 Å². The number of nitrogens with one attached hydrogen (secondary N) is 3. The fourth-order valence-electron chi connectivity index (χ4n) is 6.19. The number of benzene rings is 3. The second-order valence-electron chi connectivity index (χ2n) is 11.5. The Balaban J connectivity index is 0.996. The second-order valence-corrected chi connectivity index (χ2v) is 11.5. The van der Waals surface area contributed by atoms with Crippen molar-refractivity contribution in [2.45, 2.75) is 45.2 Å². The smallest absolute Gasteiger partial charge is 0.319 e. The van der Waals surface area contributed by atoms with Crippen molar-refractivity contribution in [3.05, 3.63) is 102 Å². The molecule has 0 saturated carbocycles. The van der Waals surface area contributed by atoms with Crippen LogP contribution in [0.15, 0.2) is 91.1 Å². The number of carbonyl (C=O) groups excluding carboxylic acids is 1. The van der Waals surface area contributed by atoms with Gasteiger partial charge in [0.2, 0.25) is 0 Å². The Morgan fingerprint density at radius 2 is 1.68 bits per heavy atom. The van der Waals surface area contributed by atoms with E-state index >= 15 is 0 Å². The van der Waals surface area contributed by atoms with Crippen molar-refractivity contribution >= 4 is 23.2 Å². The van der Waals surface area contributed by atoms with Gasteiger partial charge in [0.1, 0.15) is 0 Å². The van der Waals surface area contributed by atoms with Gasteiger partial charge >= 0.3 is 6.03 Å². The highest BCUT2D eigenvalue weighted by Crippen LogP contribution is 2.39. The maximum absolute atomic E-state index is 12.7. The van der Waals surface area contributed by atoms with Gasteiger partial charge in [-0.15, -0.1) is 10.2 Å². The summed E-state index contributed by atoms with van der Waals surface area (Å²) < 4.78 is 2.09. The number of carbonyl (C=O) groups is 1. The lowest BCUT2D eigenvalue weighted by atomic mass is 10.0. The van der Waals surface area contributed by atoms with E-state index in [2.05, 4.69) is 83.9 Å². The van der Waals surface area contributed by atoms with Crippen LogP contribution in [-0.4, -0.2) is 49.8 Å². The van der Waals surface area contributed by atoms with Crippen LogP contribution in [-0.2, 0) is 13.0 Å². The summed E-state index contributed by atoms with van der Waals surface area (Å²) in [6, 6.07) is 28.8. The molecule has 2 amide bonds. The molecule has 0 aliphatic carbocycles. The number of fused-ring (bicyclic) bond motifs is 5. The van der Waals surface area contributed by atoms with E-state index in [1.54, 1.807) is 6.20 Å². The molecule has 44 heavy (non-hydrogen) atoms. The van der Waals surface area contributed by atoms with E-state index in [1.807, 2.05) is 48.5 Å². The van der Waals surface area contributed by atoms with E-state index in [0.717, 1.165) is 91.0 Å². The quantitative estimate of drug-likeness (QED) is 0.191. The van der Waals surface area contributed by atoms with Gasteiger partial charge in [-0.05, 0) is 60.7 Å². The van der Waals surface area contributed by atoms with Crippen LogP contribution in [0.1, 0.15) is 37.3 Å². The Kier molecular flexibility index (Phi) is 7.77. The first-order chi connectivity index (χ1) is 21.7. The molecule has 0 unspecified atom stereocenters. The van der Waals surface area contributed by atoms with E-state index in [4.69, 9.17) is 0 Å². The first-order valence-electron chi connectivity index (χ1n) is 15.4. The summed E-state index contributed by atoms with van der Waals surface area (Å²) >= 11 is 0. The Morgan fingerprint density at radius 1 is 0.909 bits per heavy atom.